The van der Waals surface area contributed by atoms with Crippen molar-refractivity contribution in [1.82, 2.24) is 29.5 Å². The molecule has 0 bridgehead atoms. The minimum Gasteiger partial charge on any atom is -0.337 e. The average molecular weight is 441 g/mol. The van der Waals surface area contributed by atoms with E-state index in [1.807, 2.05) is 50.4 Å². The number of nitrogens with zero attached hydrogens (tertiary/aromatic N) is 5. The van der Waals surface area contributed by atoms with Crippen molar-refractivity contribution < 1.29 is 4.79 Å². The molecule has 1 fully saturated rings. The van der Waals surface area contributed by atoms with Crippen LogP contribution in [0, 0.1) is 27.7 Å². The van der Waals surface area contributed by atoms with Gasteiger partial charge in [0.05, 0.1) is 17.6 Å². The molecule has 9 heteroatoms. The molecule has 0 radical (unpaired) electrons. The number of thiophene rings is 1. The number of carbonyl (C=O) groups excluding carboxylic acids is 1. The van der Waals surface area contributed by atoms with Crippen LogP contribution in [0.15, 0.2) is 10.9 Å². The maximum absolute atomic E-state index is 12.6. The van der Waals surface area contributed by atoms with E-state index in [1.165, 1.54) is 0 Å². The summed E-state index contributed by atoms with van der Waals surface area (Å²) >= 11 is 1.56. The molecule has 0 atom stereocenters. The van der Waals surface area contributed by atoms with Crippen LogP contribution in [0.25, 0.3) is 16.3 Å². The monoisotopic (exact) mass is 440 g/mol. The van der Waals surface area contributed by atoms with Crippen molar-refractivity contribution in [1.29, 1.82) is 0 Å². The molecule has 8 nitrogen and oxygen atoms in total. The molecule has 4 heterocycles. The van der Waals surface area contributed by atoms with Gasteiger partial charge in [-0.1, -0.05) is 0 Å². The number of fused-ring (bicyclic) bond motifs is 1. The predicted octanol–water partition coefficient (Wildman–Crippen LogP) is 2.31. The highest BCUT2D eigenvalue weighted by Crippen LogP contribution is 2.25. The zero-order valence-electron chi connectivity index (χ0n) is 18.7. The van der Waals surface area contributed by atoms with Crippen molar-refractivity contribution in [3.63, 3.8) is 0 Å². The van der Waals surface area contributed by atoms with E-state index < -0.39 is 0 Å². The van der Waals surface area contributed by atoms with Gasteiger partial charge in [0.1, 0.15) is 10.7 Å². The van der Waals surface area contributed by atoms with E-state index in [1.54, 1.807) is 17.4 Å². The number of hydrogen-bond acceptors (Lipinski definition) is 6. The summed E-state index contributed by atoms with van der Waals surface area (Å²) < 4.78 is 1.83. The van der Waals surface area contributed by atoms with Crippen molar-refractivity contribution in [2.75, 3.05) is 26.2 Å². The Morgan fingerprint density at radius 1 is 1.16 bits per heavy atom. The highest BCUT2D eigenvalue weighted by atomic mass is 32.1. The van der Waals surface area contributed by atoms with Gasteiger partial charge in [-0.05, 0) is 39.3 Å². The maximum Gasteiger partial charge on any atom is 0.259 e. The Hall–Kier alpha value is -2.78. The zero-order valence-corrected chi connectivity index (χ0v) is 19.5. The summed E-state index contributed by atoms with van der Waals surface area (Å²) in [6, 6.07) is 0. The molecule has 1 saturated heterocycles. The molecular weight excluding hydrogens is 412 g/mol. The highest BCUT2D eigenvalue weighted by molar-refractivity contribution is 7.18. The van der Waals surface area contributed by atoms with Gasteiger partial charge in [-0.2, -0.15) is 5.10 Å². The van der Waals surface area contributed by atoms with Crippen LogP contribution in [0.1, 0.15) is 33.2 Å². The largest absolute Gasteiger partial charge is 0.337 e. The molecule has 1 N–H and O–H groups in total. The molecule has 1 aliphatic rings. The van der Waals surface area contributed by atoms with E-state index in [2.05, 4.69) is 20.0 Å². The van der Waals surface area contributed by atoms with E-state index >= 15 is 0 Å². The van der Waals surface area contributed by atoms with Crippen LogP contribution in [0.4, 0.5) is 0 Å². The van der Waals surface area contributed by atoms with Gasteiger partial charge in [0.15, 0.2) is 0 Å². The van der Waals surface area contributed by atoms with Gasteiger partial charge < -0.3 is 9.88 Å². The van der Waals surface area contributed by atoms with E-state index in [4.69, 9.17) is 0 Å². The fraction of sp³-hybridized carbons (Fsp3) is 0.455. The van der Waals surface area contributed by atoms with Crippen LogP contribution < -0.4 is 5.56 Å². The van der Waals surface area contributed by atoms with Crippen LogP contribution in [0.5, 0.6) is 0 Å². The van der Waals surface area contributed by atoms with Crippen molar-refractivity contribution in [3.05, 3.63) is 49.6 Å². The van der Waals surface area contributed by atoms with Crippen molar-refractivity contribution in [3.8, 4) is 0 Å². The summed E-state index contributed by atoms with van der Waals surface area (Å²) in [6.45, 7) is 11.3. The molecule has 0 spiro atoms. The topological polar surface area (TPSA) is 87.1 Å². The number of rotatable bonds is 4. The number of aryl methyl sites for hydroxylation is 4. The van der Waals surface area contributed by atoms with Gasteiger partial charge in [0.2, 0.25) is 5.91 Å². The molecule has 3 aromatic heterocycles. The molecule has 1 amide bonds. The van der Waals surface area contributed by atoms with Crippen LogP contribution in [0.2, 0.25) is 0 Å². The Balaban J connectivity index is 1.37. The Morgan fingerprint density at radius 3 is 2.52 bits per heavy atom. The summed E-state index contributed by atoms with van der Waals surface area (Å²) in [7, 11) is 1.90. The standard InChI is InChI=1S/C22H28N6O2S/c1-13-16(4)31-22-20(13)21(30)23-18(24-22)12-27-8-10-28(11-9-27)19(29)7-6-17-14(2)25-26(5)15(17)3/h6-7H,8-12H2,1-5H3,(H,23,24,30). The molecule has 1 aliphatic heterocycles. The minimum atomic E-state index is -0.0678. The number of amides is 1. The second-order valence-electron chi connectivity index (χ2n) is 8.12. The number of H-pyrrole nitrogens is 1. The van der Waals surface area contributed by atoms with Crippen molar-refractivity contribution >= 4 is 33.5 Å². The zero-order chi connectivity index (χ0) is 22.3. The third-order valence-corrected chi connectivity index (χ3v) is 7.20. The highest BCUT2D eigenvalue weighted by Gasteiger charge is 2.21. The smallest absolute Gasteiger partial charge is 0.259 e. The fourth-order valence-electron chi connectivity index (χ4n) is 4.00. The molecule has 164 valence electrons. The number of aromatic amines is 1. The third kappa shape index (κ3) is 4.20. The Bertz CT molecular complexity index is 1230. The van der Waals surface area contributed by atoms with Gasteiger partial charge in [0, 0.05) is 55.4 Å². The lowest BCUT2D eigenvalue weighted by Gasteiger charge is -2.33. The lowest BCUT2D eigenvalue weighted by Crippen LogP contribution is -2.48. The molecule has 0 aliphatic carbocycles. The fourth-order valence-corrected chi connectivity index (χ4v) is 5.05. The van der Waals surface area contributed by atoms with Gasteiger partial charge in [-0.15, -0.1) is 11.3 Å². The van der Waals surface area contributed by atoms with Crippen LogP contribution in [-0.2, 0) is 18.4 Å². The SMILES string of the molecule is Cc1nn(C)c(C)c1C=CC(=O)N1CCN(Cc2nc3sc(C)c(C)c3c(=O)[nH]2)CC1. The summed E-state index contributed by atoms with van der Waals surface area (Å²) in [5, 5.41) is 5.09. The first-order chi connectivity index (χ1) is 14.7. The van der Waals surface area contributed by atoms with Gasteiger partial charge in [0.25, 0.3) is 5.56 Å². The lowest BCUT2D eigenvalue weighted by molar-refractivity contribution is -0.127. The van der Waals surface area contributed by atoms with E-state index in [9.17, 15) is 9.59 Å². The van der Waals surface area contributed by atoms with E-state index in [-0.39, 0.29) is 11.5 Å². The molecule has 0 saturated carbocycles. The Labute approximate surface area is 185 Å². The lowest BCUT2D eigenvalue weighted by atomic mass is 10.2. The molecule has 31 heavy (non-hydrogen) atoms. The normalized spacial score (nSPS) is 15.5. The Morgan fingerprint density at radius 2 is 1.87 bits per heavy atom. The van der Waals surface area contributed by atoms with Crippen LogP contribution >= 0.6 is 11.3 Å². The molecule has 3 aromatic rings. The molecular formula is C22H28N6O2S. The van der Waals surface area contributed by atoms with E-state index in [0.717, 1.165) is 45.3 Å². The van der Waals surface area contributed by atoms with E-state index in [0.29, 0.717) is 30.8 Å². The predicted molar refractivity (Wildman–Crippen MR) is 123 cm³/mol. The van der Waals surface area contributed by atoms with Gasteiger partial charge in [-0.3, -0.25) is 19.2 Å². The molecule has 0 unspecified atom stereocenters. The number of nitrogens with one attached hydrogen (secondary N) is 1. The summed E-state index contributed by atoms with van der Waals surface area (Å²) in [5.41, 5.74) is 3.90. The van der Waals surface area contributed by atoms with Gasteiger partial charge >= 0.3 is 0 Å². The quantitative estimate of drug-likeness (QED) is 0.629. The molecule has 4 rings (SSSR count). The third-order valence-electron chi connectivity index (χ3n) is 6.10. The first-order valence-corrected chi connectivity index (χ1v) is 11.2. The maximum atomic E-state index is 12.6. The second-order valence-corrected chi connectivity index (χ2v) is 9.32. The first-order valence-electron chi connectivity index (χ1n) is 10.4. The van der Waals surface area contributed by atoms with Crippen molar-refractivity contribution in [2.45, 2.75) is 34.2 Å². The number of hydrogen-bond donors (Lipinski definition) is 1. The van der Waals surface area contributed by atoms with Crippen molar-refractivity contribution in [2.24, 2.45) is 7.05 Å². The first kappa shape index (κ1) is 21.5. The Kier molecular flexibility index (Phi) is 5.81. The average Bonchev–Trinajstić information content (AvgIpc) is 3.15. The minimum absolute atomic E-state index is 0.0137. The van der Waals surface area contributed by atoms with Crippen LogP contribution in [-0.4, -0.2) is 61.6 Å². The second kappa shape index (κ2) is 8.39. The summed E-state index contributed by atoms with van der Waals surface area (Å²) in [5.74, 6) is 0.695. The summed E-state index contributed by atoms with van der Waals surface area (Å²) in [6.07, 6.45) is 3.50. The molecule has 0 aromatic carbocycles. The van der Waals surface area contributed by atoms with Gasteiger partial charge in [-0.25, -0.2) is 4.98 Å². The van der Waals surface area contributed by atoms with Crippen LogP contribution in [0.3, 0.4) is 0 Å². The number of aromatic nitrogens is 4. The summed E-state index contributed by atoms with van der Waals surface area (Å²) in [4.78, 5) is 38.7. The number of piperazine rings is 1. The number of carbonyl (C=O) groups is 1.